The molecule has 270 valence electrons. The first kappa shape index (κ1) is 33.2. The largest absolute Gasteiger partial charge is 0.309 e. The van der Waals surface area contributed by atoms with Crippen molar-refractivity contribution in [3.05, 3.63) is 200 Å². The van der Waals surface area contributed by atoms with E-state index >= 15 is 0 Å². The summed E-state index contributed by atoms with van der Waals surface area (Å²) in [5.41, 5.74) is 11.8. The molecule has 3 aromatic heterocycles. The van der Waals surface area contributed by atoms with Gasteiger partial charge in [-0.2, -0.15) is 5.26 Å². The lowest BCUT2D eigenvalue weighted by molar-refractivity contribution is 1.07. The van der Waals surface area contributed by atoms with E-state index in [1.807, 2.05) is 84.9 Å². The molecule has 0 saturated heterocycles. The molecule has 0 saturated carbocycles. The highest BCUT2D eigenvalue weighted by Gasteiger charge is 2.19. The van der Waals surface area contributed by atoms with Crippen LogP contribution in [0.25, 0.3) is 100 Å². The van der Waals surface area contributed by atoms with Crippen molar-refractivity contribution in [3.8, 4) is 62.7 Å². The maximum absolute atomic E-state index is 9.61. The fourth-order valence-corrected chi connectivity index (χ4v) is 8.29. The van der Waals surface area contributed by atoms with Crippen LogP contribution in [0.5, 0.6) is 0 Å². The molecule has 11 aromatic rings. The summed E-state index contributed by atoms with van der Waals surface area (Å²) in [6.45, 7) is 0. The minimum absolute atomic E-state index is 0.568. The van der Waals surface area contributed by atoms with Gasteiger partial charge in [-0.3, -0.25) is 0 Å². The molecular weight excluding hydrogens is 709 g/mol. The van der Waals surface area contributed by atoms with Crippen LogP contribution >= 0.6 is 0 Å². The van der Waals surface area contributed by atoms with E-state index in [2.05, 4.69) is 124 Å². The van der Waals surface area contributed by atoms with Gasteiger partial charge < -0.3 is 9.13 Å². The lowest BCUT2D eigenvalue weighted by Gasteiger charge is -2.15. The predicted octanol–water partition coefficient (Wildman–Crippen LogP) is 12.6. The van der Waals surface area contributed by atoms with Crippen molar-refractivity contribution in [2.75, 3.05) is 0 Å². The van der Waals surface area contributed by atoms with Crippen LogP contribution in [0.15, 0.2) is 194 Å². The third-order valence-corrected chi connectivity index (χ3v) is 11.0. The SMILES string of the molecule is N#Cc1ccc(-c2cc(-c3nc(-c4ccccc4)nc(-c4ccccc4)n3)cc(-n3c4ccccc4c4cc(-n5c6ccccc6c6ccccc65)ccc43)c2)cc1. The van der Waals surface area contributed by atoms with Gasteiger partial charge in [0.1, 0.15) is 0 Å². The average Bonchev–Trinajstić information content (AvgIpc) is 3.82. The second kappa shape index (κ2) is 13.6. The number of rotatable bonds is 6. The molecule has 11 rings (SSSR count). The Kier molecular flexibility index (Phi) is 7.76. The normalized spacial score (nSPS) is 11.4. The van der Waals surface area contributed by atoms with E-state index in [-0.39, 0.29) is 0 Å². The smallest absolute Gasteiger partial charge is 0.164 e. The van der Waals surface area contributed by atoms with E-state index in [9.17, 15) is 5.26 Å². The molecule has 6 nitrogen and oxygen atoms in total. The molecule has 6 heteroatoms. The molecule has 0 amide bonds. The maximum Gasteiger partial charge on any atom is 0.164 e. The highest BCUT2D eigenvalue weighted by Crippen LogP contribution is 2.39. The Balaban J connectivity index is 1.16. The first-order valence-electron chi connectivity index (χ1n) is 19.3. The molecule has 0 fully saturated rings. The predicted molar refractivity (Wildman–Crippen MR) is 235 cm³/mol. The van der Waals surface area contributed by atoms with Crippen LogP contribution in [0.3, 0.4) is 0 Å². The Labute approximate surface area is 334 Å². The second-order valence-electron chi connectivity index (χ2n) is 14.4. The third kappa shape index (κ3) is 5.53. The summed E-state index contributed by atoms with van der Waals surface area (Å²) in [5, 5.41) is 14.4. The maximum atomic E-state index is 9.61. The van der Waals surface area contributed by atoms with Crippen molar-refractivity contribution < 1.29 is 0 Å². The molecule has 0 aliphatic rings. The standard InChI is InChI=1S/C52H32N6/c53-33-34-23-25-35(26-24-34)38-29-39(52-55-50(36-13-3-1-4-14-36)54-51(56-52)37-15-5-2-6-16-37)31-41(30-38)58-48-22-12-9-19-44(48)45-32-40(27-28-49(45)58)57-46-20-10-7-17-42(46)43-18-8-11-21-47(43)57/h1-32H. The zero-order chi connectivity index (χ0) is 38.6. The zero-order valence-corrected chi connectivity index (χ0v) is 31.2. The van der Waals surface area contributed by atoms with Crippen LogP contribution in [0.1, 0.15) is 5.56 Å². The molecule has 58 heavy (non-hydrogen) atoms. The molecule has 0 radical (unpaired) electrons. The Morgan fingerprint density at radius 1 is 0.328 bits per heavy atom. The highest BCUT2D eigenvalue weighted by molar-refractivity contribution is 6.12. The molecule has 0 spiro atoms. The van der Waals surface area contributed by atoms with E-state index in [0.717, 1.165) is 61.0 Å². The van der Waals surface area contributed by atoms with E-state index in [0.29, 0.717) is 23.0 Å². The lowest BCUT2D eigenvalue weighted by atomic mass is 10.00. The van der Waals surface area contributed by atoms with Crippen LogP contribution in [0.2, 0.25) is 0 Å². The van der Waals surface area contributed by atoms with Gasteiger partial charge in [-0.15, -0.1) is 0 Å². The van der Waals surface area contributed by atoms with Crippen molar-refractivity contribution in [1.82, 2.24) is 24.1 Å². The summed E-state index contributed by atoms with van der Waals surface area (Å²) >= 11 is 0. The van der Waals surface area contributed by atoms with Crippen LogP contribution < -0.4 is 0 Å². The fraction of sp³-hybridized carbons (Fsp3) is 0. The van der Waals surface area contributed by atoms with Gasteiger partial charge in [0, 0.05) is 49.6 Å². The monoisotopic (exact) mass is 740 g/mol. The minimum atomic E-state index is 0.568. The van der Waals surface area contributed by atoms with Gasteiger partial charge in [-0.25, -0.2) is 15.0 Å². The Bertz CT molecular complexity index is 3280. The lowest BCUT2D eigenvalue weighted by Crippen LogP contribution is -2.02. The molecule has 3 heterocycles. The summed E-state index contributed by atoms with van der Waals surface area (Å²) in [6.07, 6.45) is 0. The zero-order valence-electron chi connectivity index (χ0n) is 31.2. The number of nitriles is 1. The number of aromatic nitrogens is 5. The van der Waals surface area contributed by atoms with Crippen molar-refractivity contribution in [3.63, 3.8) is 0 Å². The van der Waals surface area contributed by atoms with Crippen molar-refractivity contribution >= 4 is 43.6 Å². The van der Waals surface area contributed by atoms with Crippen LogP contribution in [-0.2, 0) is 0 Å². The number of nitrogens with zero attached hydrogens (tertiary/aromatic N) is 6. The Morgan fingerprint density at radius 3 is 1.33 bits per heavy atom. The molecule has 0 aliphatic carbocycles. The molecule has 0 aliphatic heterocycles. The summed E-state index contributed by atoms with van der Waals surface area (Å²) in [4.78, 5) is 15.2. The third-order valence-electron chi connectivity index (χ3n) is 11.0. The number of fused-ring (bicyclic) bond motifs is 6. The van der Waals surface area contributed by atoms with Gasteiger partial charge in [0.2, 0.25) is 0 Å². The minimum Gasteiger partial charge on any atom is -0.309 e. The van der Waals surface area contributed by atoms with Crippen molar-refractivity contribution in [2.45, 2.75) is 0 Å². The summed E-state index contributed by atoms with van der Waals surface area (Å²) < 4.78 is 4.71. The molecule has 0 bridgehead atoms. The highest BCUT2D eigenvalue weighted by atomic mass is 15.0. The molecule has 0 N–H and O–H groups in total. The Morgan fingerprint density at radius 2 is 0.776 bits per heavy atom. The fourth-order valence-electron chi connectivity index (χ4n) is 8.29. The topological polar surface area (TPSA) is 72.3 Å². The van der Waals surface area contributed by atoms with Crippen molar-refractivity contribution in [2.24, 2.45) is 0 Å². The summed E-state index contributed by atoms with van der Waals surface area (Å²) in [6, 6.07) is 69.3. The quantitative estimate of drug-likeness (QED) is 0.170. The number of hydrogen-bond acceptors (Lipinski definition) is 4. The van der Waals surface area contributed by atoms with Gasteiger partial charge >= 0.3 is 0 Å². The number of benzene rings is 8. The summed E-state index contributed by atoms with van der Waals surface area (Å²) in [7, 11) is 0. The first-order chi connectivity index (χ1) is 28.7. The number of hydrogen-bond donors (Lipinski definition) is 0. The van der Waals surface area contributed by atoms with E-state index in [1.54, 1.807) is 0 Å². The molecule has 0 unspecified atom stereocenters. The van der Waals surface area contributed by atoms with E-state index in [1.165, 1.54) is 21.8 Å². The molecule has 8 aromatic carbocycles. The van der Waals surface area contributed by atoms with E-state index in [4.69, 9.17) is 15.0 Å². The second-order valence-corrected chi connectivity index (χ2v) is 14.4. The van der Waals surface area contributed by atoms with Gasteiger partial charge in [0.25, 0.3) is 0 Å². The van der Waals surface area contributed by atoms with Gasteiger partial charge in [0.05, 0.1) is 33.7 Å². The molecule has 0 atom stereocenters. The Hall–Kier alpha value is -8.14. The molecular formula is C52H32N6. The van der Waals surface area contributed by atoms with Crippen molar-refractivity contribution in [1.29, 1.82) is 5.26 Å². The van der Waals surface area contributed by atoms with Crippen LogP contribution in [0, 0.1) is 11.3 Å². The van der Waals surface area contributed by atoms with Gasteiger partial charge in [0.15, 0.2) is 17.5 Å². The van der Waals surface area contributed by atoms with E-state index < -0.39 is 0 Å². The summed E-state index contributed by atoms with van der Waals surface area (Å²) in [5.74, 6) is 1.77. The number of para-hydroxylation sites is 3. The van der Waals surface area contributed by atoms with Crippen LogP contribution in [-0.4, -0.2) is 24.1 Å². The van der Waals surface area contributed by atoms with Gasteiger partial charge in [-0.05, 0) is 77.9 Å². The average molecular weight is 741 g/mol. The van der Waals surface area contributed by atoms with Gasteiger partial charge in [-0.1, -0.05) is 127 Å². The first-order valence-corrected chi connectivity index (χ1v) is 19.3. The van der Waals surface area contributed by atoms with Crippen LogP contribution in [0.4, 0.5) is 0 Å².